The summed E-state index contributed by atoms with van der Waals surface area (Å²) in [7, 11) is 2.17. The molecule has 1 aliphatic carbocycles. The van der Waals surface area contributed by atoms with Gasteiger partial charge in [0.05, 0.1) is 12.5 Å². The summed E-state index contributed by atoms with van der Waals surface area (Å²) in [4.78, 5) is 14.8. The molecule has 0 saturated carbocycles. The van der Waals surface area contributed by atoms with Gasteiger partial charge in [-0.15, -0.1) is 0 Å². The third-order valence-corrected chi connectivity index (χ3v) is 4.98. The van der Waals surface area contributed by atoms with Crippen molar-refractivity contribution in [2.24, 2.45) is 11.8 Å². The number of fused-ring (bicyclic) bond motifs is 1. The van der Waals surface area contributed by atoms with Crippen LogP contribution in [0.3, 0.4) is 0 Å². The Kier molecular flexibility index (Phi) is 4.63. The molecule has 3 unspecified atom stereocenters. The quantitative estimate of drug-likeness (QED) is 0.634. The number of hydrogen-bond donors (Lipinski definition) is 0. The number of likely N-dealkylation sites (tertiary alicyclic amines) is 1. The zero-order valence-corrected chi connectivity index (χ0v) is 13.5. The third-order valence-electron chi connectivity index (χ3n) is 4.98. The topological polar surface area (TPSA) is 29.5 Å². The average Bonchev–Trinajstić information content (AvgIpc) is 2.54. The monoisotopic (exact) mass is 299 g/mol. The van der Waals surface area contributed by atoms with E-state index in [1.807, 2.05) is 13.0 Å². The van der Waals surface area contributed by atoms with Crippen LogP contribution in [-0.4, -0.2) is 37.6 Å². The van der Waals surface area contributed by atoms with Gasteiger partial charge in [-0.05, 0) is 44.8 Å². The number of allylic oxidation sites excluding steroid dienone is 1. The smallest absolute Gasteiger partial charge is 0.309 e. The second-order valence-electron chi connectivity index (χ2n) is 6.50. The van der Waals surface area contributed by atoms with Crippen molar-refractivity contribution in [1.82, 2.24) is 4.90 Å². The van der Waals surface area contributed by atoms with Gasteiger partial charge < -0.3 is 9.64 Å². The van der Waals surface area contributed by atoms with Crippen LogP contribution in [0.15, 0.2) is 42.0 Å². The first-order valence-corrected chi connectivity index (χ1v) is 8.29. The van der Waals surface area contributed by atoms with Gasteiger partial charge in [-0.1, -0.05) is 42.0 Å². The number of piperidine rings is 1. The van der Waals surface area contributed by atoms with E-state index in [1.165, 1.54) is 11.1 Å². The molecule has 3 heteroatoms. The number of likely N-dealkylation sites (N-methyl/N-ethyl adjacent to an activating group) is 1. The highest BCUT2D eigenvalue weighted by molar-refractivity contribution is 5.74. The van der Waals surface area contributed by atoms with Gasteiger partial charge in [-0.3, -0.25) is 4.79 Å². The zero-order valence-electron chi connectivity index (χ0n) is 13.5. The lowest BCUT2D eigenvalue weighted by Gasteiger charge is -2.39. The molecule has 3 rings (SSSR count). The molecule has 2 aliphatic rings. The van der Waals surface area contributed by atoms with Crippen molar-refractivity contribution in [3.05, 3.63) is 47.5 Å². The maximum absolute atomic E-state index is 12.5. The molecule has 1 fully saturated rings. The van der Waals surface area contributed by atoms with Crippen LogP contribution in [0.5, 0.6) is 0 Å². The predicted molar refractivity (Wildman–Crippen MR) is 87.6 cm³/mol. The molecule has 0 N–H and O–H groups in total. The van der Waals surface area contributed by atoms with E-state index in [0.717, 1.165) is 25.9 Å². The first kappa shape index (κ1) is 15.3. The number of nitrogens with zero attached hydrogens (tertiary/aromatic N) is 1. The minimum Gasteiger partial charge on any atom is -0.466 e. The molecule has 0 spiro atoms. The molecule has 0 bridgehead atoms. The molecular weight excluding hydrogens is 274 g/mol. The van der Waals surface area contributed by atoms with Crippen LogP contribution in [0.2, 0.25) is 0 Å². The molecule has 1 saturated heterocycles. The highest BCUT2D eigenvalue weighted by Gasteiger charge is 2.38. The first-order chi connectivity index (χ1) is 10.7. The Morgan fingerprint density at radius 2 is 2.09 bits per heavy atom. The van der Waals surface area contributed by atoms with Crippen LogP contribution in [0.1, 0.15) is 31.2 Å². The fourth-order valence-electron chi connectivity index (χ4n) is 3.84. The SMILES string of the molecule is CCOC(=O)C1CC2CCN(C)CC2=CC1c1ccccc1. The van der Waals surface area contributed by atoms with Crippen molar-refractivity contribution in [3.63, 3.8) is 0 Å². The van der Waals surface area contributed by atoms with E-state index in [4.69, 9.17) is 4.74 Å². The van der Waals surface area contributed by atoms with Gasteiger partial charge in [0.15, 0.2) is 0 Å². The van der Waals surface area contributed by atoms with Gasteiger partial charge in [-0.2, -0.15) is 0 Å². The number of carbonyl (C=O) groups is 1. The molecular formula is C19H25NO2. The van der Waals surface area contributed by atoms with Crippen LogP contribution < -0.4 is 0 Å². The Labute approximate surface area is 133 Å². The summed E-state index contributed by atoms with van der Waals surface area (Å²) in [6, 6.07) is 10.4. The number of benzene rings is 1. The lowest BCUT2D eigenvalue weighted by atomic mass is 9.70. The minimum absolute atomic E-state index is 0.0365. The summed E-state index contributed by atoms with van der Waals surface area (Å²) in [6.45, 7) is 4.49. The van der Waals surface area contributed by atoms with Crippen LogP contribution >= 0.6 is 0 Å². The second-order valence-corrected chi connectivity index (χ2v) is 6.50. The molecule has 0 aromatic heterocycles. The number of carbonyl (C=O) groups excluding carboxylic acids is 1. The third kappa shape index (κ3) is 3.09. The molecule has 3 atom stereocenters. The summed E-state index contributed by atoms with van der Waals surface area (Å²) < 4.78 is 5.36. The number of rotatable bonds is 3. The van der Waals surface area contributed by atoms with E-state index >= 15 is 0 Å². The summed E-state index contributed by atoms with van der Waals surface area (Å²) in [6.07, 6.45) is 4.43. The van der Waals surface area contributed by atoms with E-state index in [0.29, 0.717) is 12.5 Å². The Bertz CT molecular complexity index is 552. The first-order valence-electron chi connectivity index (χ1n) is 8.29. The van der Waals surface area contributed by atoms with Gasteiger partial charge in [0.25, 0.3) is 0 Å². The van der Waals surface area contributed by atoms with Gasteiger partial charge in [0.1, 0.15) is 0 Å². The normalized spacial score (nSPS) is 28.6. The zero-order chi connectivity index (χ0) is 15.5. The molecule has 0 radical (unpaired) electrons. The Morgan fingerprint density at radius 1 is 1.32 bits per heavy atom. The minimum atomic E-state index is -0.0421. The summed E-state index contributed by atoms with van der Waals surface area (Å²) in [5, 5.41) is 0. The molecule has 3 nitrogen and oxygen atoms in total. The highest BCUT2D eigenvalue weighted by Crippen LogP contribution is 2.42. The number of hydrogen-bond acceptors (Lipinski definition) is 3. The maximum Gasteiger partial charge on any atom is 0.309 e. The van der Waals surface area contributed by atoms with Gasteiger partial charge in [0.2, 0.25) is 0 Å². The fraction of sp³-hybridized carbons (Fsp3) is 0.526. The van der Waals surface area contributed by atoms with Crippen LogP contribution in [0.4, 0.5) is 0 Å². The predicted octanol–water partition coefficient (Wildman–Crippen LogP) is 3.23. The summed E-state index contributed by atoms with van der Waals surface area (Å²) >= 11 is 0. The van der Waals surface area contributed by atoms with Crippen molar-refractivity contribution >= 4 is 5.97 Å². The van der Waals surface area contributed by atoms with Crippen LogP contribution in [0, 0.1) is 11.8 Å². The van der Waals surface area contributed by atoms with Crippen LogP contribution in [0.25, 0.3) is 0 Å². The van der Waals surface area contributed by atoms with Gasteiger partial charge in [0, 0.05) is 12.5 Å². The van der Waals surface area contributed by atoms with Crippen LogP contribution in [-0.2, 0) is 9.53 Å². The highest BCUT2D eigenvalue weighted by atomic mass is 16.5. The number of ether oxygens (including phenoxy) is 1. The van der Waals surface area contributed by atoms with E-state index in [-0.39, 0.29) is 17.8 Å². The molecule has 1 aliphatic heterocycles. The molecule has 22 heavy (non-hydrogen) atoms. The van der Waals surface area contributed by atoms with Crippen molar-refractivity contribution < 1.29 is 9.53 Å². The molecule has 118 valence electrons. The number of esters is 1. The van der Waals surface area contributed by atoms with Crippen molar-refractivity contribution in [1.29, 1.82) is 0 Å². The summed E-state index contributed by atoms with van der Waals surface area (Å²) in [5.74, 6) is 0.619. The van der Waals surface area contributed by atoms with Gasteiger partial charge in [-0.25, -0.2) is 0 Å². The largest absolute Gasteiger partial charge is 0.466 e. The standard InChI is InChI=1S/C19H25NO2/c1-3-22-19(21)18-11-15-9-10-20(2)13-16(15)12-17(18)14-7-5-4-6-8-14/h4-8,12,15,17-18H,3,9-11,13H2,1-2H3. The van der Waals surface area contributed by atoms with E-state index in [9.17, 15) is 4.79 Å². The van der Waals surface area contributed by atoms with Gasteiger partial charge >= 0.3 is 5.97 Å². The Morgan fingerprint density at radius 3 is 2.82 bits per heavy atom. The lowest BCUT2D eigenvalue weighted by molar-refractivity contribution is -0.149. The maximum atomic E-state index is 12.5. The van der Waals surface area contributed by atoms with E-state index in [1.54, 1.807) is 0 Å². The summed E-state index contributed by atoms with van der Waals surface area (Å²) in [5.41, 5.74) is 2.72. The molecule has 1 aromatic carbocycles. The Balaban J connectivity index is 1.93. The van der Waals surface area contributed by atoms with E-state index in [2.05, 4.69) is 42.3 Å². The van der Waals surface area contributed by atoms with Crippen molar-refractivity contribution in [3.8, 4) is 0 Å². The molecule has 1 heterocycles. The Hall–Kier alpha value is -1.61. The second kappa shape index (κ2) is 6.66. The lowest BCUT2D eigenvalue weighted by Crippen LogP contribution is -2.38. The molecule has 1 aromatic rings. The van der Waals surface area contributed by atoms with Crippen molar-refractivity contribution in [2.75, 3.05) is 26.7 Å². The van der Waals surface area contributed by atoms with E-state index < -0.39 is 0 Å². The van der Waals surface area contributed by atoms with Crippen molar-refractivity contribution in [2.45, 2.75) is 25.7 Å². The average molecular weight is 299 g/mol. The molecule has 0 amide bonds. The fourth-order valence-corrected chi connectivity index (χ4v) is 3.84.